The Labute approximate surface area is 121 Å². The zero-order valence-electron chi connectivity index (χ0n) is 13.0. The first-order chi connectivity index (χ1) is 9.28. The van der Waals surface area contributed by atoms with Crippen LogP contribution in [0.3, 0.4) is 0 Å². The second-order valence-corrected chi connectivity index (χ2v) is 6.29. The molecule has 0 aromatic heterocycles. The van der Waals surface area contributed by atoms with Crippen LogP contribution in [-0.2, 0) is 14.3 Å². The van der Waals surface area contributed by atoms with Crippen molar-refractivity contribution in [2.45, 2.75) is 52.6 Å². The largest absolute Gasteiger partial charge is 0.481 e. The molecule has 0 spiro atoms. The van der Waals surface area contributed by atoms with Crippen molar-refractivity contribution < 1.29 is 19.4 Å². The van der Waals surface area contributed by atoms with E-state index in [2.05, 4.69) is 0 Å². The van der Waals surface area contributed by atoms with E-state index in [1.807, 2.05) is 11.8 Å². The summed E-state index contributed by atoms with van der Waals surface area (Å²) in [5, 5.41) is 9.31. The highest BCUT2D eigenvalue weighted by molar-refractivity contribution is 5.77. The molecule has 1 N–H and O–H groups in total. The molecule has 1 rings (SSSR count). The Kier molecular flexibility index (Phi) is 5.99. The molecule has 0 saturated carbocycles. The fourth-order valence-electron chi connectivity index (χ4n) is 2.57. The predicted octanol–water partition coefficient (Wildman–Crippen LogP) is 2.15. The Morgan fingerprint density at radius 1 is 1.45 bits per heavy atom. The van der Waals surface area contributed by atoms with E-state index in [1.165, 1.54) is 0 Å². The topological polar surface area (TPSA) is 66.8 Å². The van der Waals surface area contributed by atoms with Gasteiger partial charge >= 0.3 is 5.97 Å². The van der Waals surface area contributed by atoms with E-state index in [-0.39, 0.29) is 17.9 Å². The number of hydrogen-bond acceptors (Lipinski definition) is 3. The Balaban J connectivity index is 2.56. The second-order valence-electron chi connectivity index (χ2n) is 6.29. The second kappa shape index (κ2) is 7.07. The molecule has 116 valence electrons. The van der Waals surface area contributed by atoms with Crippen LogP contribution in [-0.4, -0.2) is 48.2 Å². The number of carbonyl (C=O) groups excluding carboxylic acids is 1. The van der Waals surface area contributed by atoms with E-state index in [9.17, 15) is 14.7 Å². The molecule has 0 radical (unpaired) electrons. The molecule has 0 aromatic carbocycles. The Morgan fingerprint density at radius 3 is 2.65 bits per heavy atom. The summed E-state index contributed by atoms with van der Waals surface area (Å²) in [4.78, 5) is 25.3. The third kappa shape index (κ3) is 4.20. The summed E-state index contributed by atoms with van der Waals surface area (Å²) in [7, 11) is 1.64. The zero-order valence-corrected chi connectivity index (χ0v) is 13.0. The molecule has 0 aromatic rings. The lowest BCUT2D eigenvalue weighted by Crippen LogP contribution is -2.46. The predicted molar refractivity (Wildman–Crippen MR) is 76.4 cm³/mol. The normalized spacial score (nSPS) is 21.6. The maximum Gasteiger partial charge on any atom is 0.309 e. The summed E-state index contributed by atoms with van der Waals surface area (Å²) < 4.78 is 5.15. The molecule has 0 bridgehead atoms. The van der Waals surface area contributed by atoms with E-state index in [1.54, 1.807) is 21.0 Å². The number of aliphatic carboxylic acids is 1. The fraction of sp³-hybridized carbons (Fsp3) is 0.867. The smallest absolute Gasteiger partial charge is 0.309 e. The monoisotopic (exact) mass is 285 g/mol. The first kappa shape index (κ1) is 17.0. The fourth-order valence-corrected chi connectivity index (χ4v) is 2.57. The molecular weight excluding hydrogens is 258 g/mol. The third-order valence-electron chi connectivity index (χ3n) is 4.51. The Bertz CT molecular complexity index is 354. The van der Waals surface area contributed by atoms with E-state index in [4.69, 9.17) is 4.74 Å². The summed E-state index contributed by atoms with van der Waals surface area (Å²) in [5.74, 6) is -0.651. The van der Waals surface area contributed by atoms with E-state index in [0.717, 1.165) is 19.4 Å². The van der Waals surface area contributed by atoms with Gasteiger partial charge in [-0.05, 0) is 46.0 Å². The molecule has 1 aliphatic rings. The number of carboxylic acids is 1. The van der Waals surface area contributed by atoms with Crippen molar-refractivity contribution in [2.24, 2.45) is 11.3 Å². The van der Waals surface area contributed by atoms with Crippen molar-refractivity contribution in [2.75, 3.05) is 20.2 Å². The Hall–Kier alpha value is -1.10. The molecule has 5 heteroatoms. The lowest BCUT2D eigenvalue weighted by molar-refractivity contribution is -0.153. The van der Waals surface area contributed by atoms with Crippen LogP contribution in [0.25, 0.3) is 0 Å². The van der Waals surface area contributed by atoms with E-state index >= 15 is 0 Å². The number of ether oxygens (including phenoxy) is 1. The minimum Gasteiger partial charge on any atom is -0.481 e. The molecule has 2 atom stereocenters. The molecule has 1 saturated heterocycles. The summed E-state index contributed by atoms with van der Waals surface area (Å²) in [6.07, 6.45) is 3.01. The zero-order chi connectivity index (χ0) is 15.3. The number of amides is 1. The van der Waals surface area contributed by atoms with Gasteiger partial charge in [-0.2, -0.15) is 0 Å². The molecule has 1 fully saturated rings. The third-order valence-corrected chi connectivity index (χ3v) is 4.51. The van der Waals surface area contributed by atoms with Crippen LogP contribution in [0.2, 0.25) is 0 Å². The Morgan fingerprint density at radius 2 is 2.10 bits per heavy atom. The van der Waals surface area contributed by atoms with Crippen molar-refractivity contribution in [3.8, 4) is 0 Å². The molecular formula is C15H27NO4. The number of methoxy groups -OCH3 is 1. The summed E-state index contributed by atoms with van der Waals surface area (Å²) in [5.41, 5.74) is -0.779. The average Bonchev–Trinajstić information content (AvgIpc) is 2.44. The van der Waals surface area contributed by atoms with Crippen LogP contribution >= 0.6 is 0 Å². The SMILES string of the molecule is COC(C)CCC(=O)N1CCCC(C(C)(C)C(=O)O)C1. The van der Waals surface area contributed by atoms with Crippen molar-refractivity contribution in [3.63, 3.8) is 0 Å². The highest BCUT2D eigenvalue weighted by Crippen LogP contribution is 2.34. The van der Waals surface area contributed by atoms with Crippen molar-refractivity contribution in [1.82, 2.24) is 4.90 Å². The average molecular weight is 285 g/mol. The minimum absolute atomic E-state index is 0.0255. The van der Waals surface area contributed by atoms with Gasteiger partial charge in [0.1, 0.15) is 0 Å². The molecule has 1 amide bonds. The van der Waals surface area contributed by atoms with Gasteiger partial charge in [0.2, 0.25) is 5.91 Å². The quantitative estimate of drug-likeness (QED) is 0.812. The van der Waals surface area contributed by atoms with Crippen LogP contribution in [0, 0.1) is 11.3 Å². The van der Waals surface area contributed by atoms with Crippen LogP contribution in [0.4, 0.5) is 0 Å². The highest BCUT2D eigenvalue weighted by atomic mass is 16.5. The van der Waals surface area contributed by atoms with Crippen LogP contribution < -0.4 is 0 Å². The molecule has 0 aliphatic carbocycles. The molecule has 20 heavy (non-hydrogen) atoms. The number of piperidine rings is 1. The molecule has 2 unspecified atom stereocenters. The standard InChI is InChI=1S/C15H27NO4/c1-11(20-4)7-8-13(17)16-9-5-6-12(10-16)15(2,3)14(18)19/h11-12H,5-10H2,1-4H3,(H,18,19). The van der Waals surface area contributed by atoms with Gasteiger partial charge in [-0.15, -0.1) is 0 Å². The number of likely N-dealkylation sites (tertiary alicyclic amines) is 1. The summed E-state index contributed by atoms with van der Waals surface area (Å²) >= 11 is 0. The molecule has 1 heterocycles. The van der Waals surface area contributed by atoms with Crippen LogP contribution in [0.15, 0.2) is 0 Å². The van der Waals surface area contributed by atoms with Gasteiger partial charge in [0.25, 0.3) is 0 Å². The van der Waals surface area contributed by atoms with E-state index < -0.39 is 11.4 Å². The number of carbonyl (C=O) groups is 2. The maximum atomic E-state index is 12.2. The molecule has 1 aliphatic heterocycles. The number of rotatable bonds is 6. The first-order valence-electron chi connectivity index (χ1n) is 7.33. The van der Waals surface area contributed by atoms with Crippen LogP contribution in [0.1, 0.15) is 46.5 Å². The lowest BCUT2D eigenvalue weighted by Gasteiger charge is -2.39. The minimum atomic E-state index is -0.787. The van der Waals surface area contributed by atoms with Gasteiger partial charge in [0.15, 0.2) is 0 Å². The highest BCUT2D eigenvalue weighted by Gasteiger charge is 2.39. The lowest BCUT2D eigenvalue weighted by atomic mass is 9.74. The van der Waals surface area contributed by atoms with Gasteiger partial charge in [0.05, 0.1) is 11.5 Å². The maximum absolute atomic E-state index is 12.2. The first-order valence-corrected chi connectivity index (χ1v) is 7.33. The van der Waals surface area contributed by atoms with Gasteiger partial charge in [0, 0.05) is 26.6 Å². The summed E-state index contributed by atoms with van der Waals surface area (Å²) in [6, 6.07) is 0. The summed E-state index contributed by atoms with van der Waals surface area (Å²) in [6.45, 7) is 6.74. The number of carboxylic acid groups (broad SMARTS) is 1. The van der Waals surface area contributed by atoms with Gasteiger partial charge in [-0.3, -0.25) is 9.59 Å². The van der Waals surface area contributed by atoms with Gasteiger partial charge in [-0.25, -0.2) is 0 Å². The van der Waals surface area contributed by atoms with Crippen molar-refractivity contribution >= 4 is 11.9 Å². The van der Waals surface area contributed by atoms with Crippen molar-refractivity contribution in [1.29, 1.82) is 0 Å². The molecule has 5 nitrogen and oxygen atoms in total. The van der Waals surface area contributed by atoms with Gasteiger partial charge < -0.3 is 14.7 Å². The van der Waals surface area contributed by atoms with E-state index in [0.29, 0.717) is 19.4 Å². The van der Waals surface area contributed by atoms with Gasteiger partial charge in [-0.1, -0.05) is 0 Å². The number of nitrogens with zero attached hydrogens (tertiary/aromatic N) is 1. The van der Waals surface area contributed by atoms with Crippen molar-refractivity contribution in [3.05, 3.63) is 0 Å². The number of hydrogen-bond donors (Lipinski definition) is 1. The van der Waals surface area contributed by atoms with Crippen LogP contribution in [0.5, 0.6) is 0 Å².